The van der Waals surface area contributed by atoms with E-state index >= 15 is 0 Å². The SMILES string of the molecule is CCCC[C@H](NC(=O)C1(CCC)CCC1)C(=O)O. The van der Waals surface area contributed by atoms with Gasteiger partial charge in [0.25, 0.3) is 0 Å². The lowest BCUT2D eigenvalue weighted by molar-refractivity contribution is -0.146. The average Bonchev–Trinajstić information content (AvgIpc) is 2.28. The Kier molecular flexibility index (Phi) is 5.63. The van der Waals surface area contributed by atoms with Crippen LogP contribution in [-0.2, 0) is 9.59 Å². The van der Waals surface area contributed by atoms with Gasteiger partial charge in [0.15, 0.2) is 0 Å². The molecule has 0 spiro atoms. The second kappa shape index (κ2) is 6.76. The van der Waals surface area contributed by atoms with Crippen LogP contribution < -0.4 is 5.32 Å². The summed E-state index contributed by atoms with van der Waals surface area (Å²) in [6.07, 6.45) is 7.05. The molecule has 0 aliphatic heterocycles. The van der Waals surface area contributed by atoms with Gasteiger partial charge in [-0.2, -0.15) is 0 Å². The van der Waals surface area contributed by atoms with Gasteiger partial charge in [-0.05, 0) is 25.7 Å². The van der Waals surface area contributed by atoms with Gasteiger partial charge < -0.3 is 10.4 Å². The van der Waals surface area contributed by atoms with Crippen molar-refractivity contribution in [3.63, 3.8) is 0 Å². The molecule has 0 aromatic heterocycles. The third-order valence-corrected chi connectivity index (χ3v) is 3.97. The van der Waals surface area contributed by atoms with E-state index < -0.39 is 12.0 Å². The Morgan fingerprint density at radius 2 is 1.94 bits per heavy atom. The Balaban J connectivity index is 2.56. The van der Waals surface area contributed by atoms with Crippen LogP contribution in [0.1, 0.15) is 65.2 Å². The van der Waals surface area contributed by atoms with Crippen molar-refractivity contribution in [2.45, 2.75) is 71.3 Å². The topological polar surface area (TPSA) is 66.4 Å². The van der Waals surface area contributed by atoms with Gasteiger partial charge in [0.2, 0.25) is 5.91 Å². The molecule has 4 nitrogen and oxygen atoms in total. The lowest BCUT2D eigenvalue weighted by Gasteiger charge is -2.40. The second-order valence-electron chi connectivity index (χ2n) is 5.39. The minimum Gasteiger partial charge on any atom is -0.480 e. The Hall–Kier alpha value is -1.06. The Bertz CT molecular complexity index is 297. The van der Waals surface area contributed by atoms with E-state index in [9.17, 15) is 9.59 Å². The summed E-state index contributed by atoms with van der Waals surface area (Å²) < 4.78 is 0. The van der Waals surface area contributed by atoms with E-state index in [0.29, 0.717) is 6.42 Å². The number of unbranched alkanes of at least 4 members (excludes halogenated alkanes) is 1. The fourth-order valence-electron chi connectivity index (χ4n) is 2.65. The number of hydrogen-bond acceptors (Lipinski definition) is 2. The van der Waals surface area contributed by atoms with Gasteiger partial charge in [-0.25, -0.2) is 4.79 Å². The average molecular weight is 255 g/mol. The van der Waals surface area contributed by atoms with Gasteiger partial charge in [0, 0.05) is 5.41 Å². The first kappa shape index (κ1) is 15.0. The van der Waals surface area contributed by atoms with Gasteiger partial charge in [-0.15, -0.1) is 0 Å². The molecule has 1 amide bonds. The van der Waals surface area contributed by atoms with Crippen LogP contribution in [0, 0.1) is 5.41 Å². The first-order chi connectivity index (χ1) is 8.55. The zero-order chi connectivity index (χ0) is 13.6. The van der Waals surface area contributed by atoms with Crippen LogP contribution in [0.15, 0.2) is 0 Å². The number of carboxylic acids is 1. The highest BCUT2D eigenvalue weighted by molar-refractivity contribution is 5.88. The van der Waals surface area contributed by atoms with Crippen LogP contribution in [0.3, 0.4) is 0 Å². The summed E-state index contributed by atoms with van der Waals surface area (Å²) in [6, 6.07) is -0.716. The number of carbonyl (C=O) groups is 2. The van der Waals surface area contributed by atoms with E-state index in [1.54, 1.807) is 0 Å². The van der Waals surface area contributed by atoms with Crippen molar-refractivity contribution in [3.05, 3.63) is 0 Å². The number of carboxylic acid groups (broad SMARTS) is 1. The zero-order valence-electron chi connectivity index (χ0n) is 11.5. The fraction of sp³-hybridized carbons (Fsp3) is 0.857. The molecule has 18 heavy (non-hydrogen) atoms. The molecule has 0 bridgehead atoms. The van der Waals surface area contributed by atoms with Crippen molar-refractivity contribution in [1.82, 2.24) is 5.32 Å². The van der Waals surface area contributed by atoms with Crippen LogP contribution in [0.4, 0.5) is 0 Å². The Labute approximate surface area is 109 Å². The number of amides is 1. The van der Waals surface area contributed by atoms with Gasteiger partial charge in [-0.3, -0.25) is 4.79 Å². The van der Waals surface area contributed by atoms with Crippen LogP contribution >= 0.6 is 0 Å². The summed E-state index contributed by atoms with van der Waals surface area (Å²) >= 11 is 0. The largest absolute Gasteiger partial charge is 0.480 e. The van der Waals surface area contributed by atoms with Crippen molar-refractivity contribution >= 4 is 11.9 Å². The number of hydrogen-bond donors (Lipinski definition) is 2. The van der Waals surface area contributed by atoms with Crippen molar-refractivity contribution in [2.24, 2.45) is 5.41 Å². The molecule has 1 atom stereocenters. The highest BCUT2D eigenvalue weighted by Crippen LogP contribution is 2.45. The molecule has 0 unspecified atom stereocenters. The van der Waals surface area contributed by atoms with E-state index in [1.807, 2.05) is 6.92 Å². The lowest BCUT2D eigenvalue weighted by Crippen LogP contribution is -2.51. The van der Waals surface area contributed by atoms with E-state index in [2.05, 4.69) is 12.2 Å². The van der Waals surface area contributed by atoms with Gasteiger partial charge in [0.05, 0.1) is 0 Å². The number of nitrogens with one attached hydrogen (secondary N) is 1. The molecule has 0 radical (unpaired) electrons. The molecule has 2 N–H and O–H groups in total. The molecule has 0 heterocycles. The summed E-state index contributed by atoms with van der Waals surface area (Å²) in [5, 5.41) is 11.9. The van der Waals surface area contributed by atoms with Crippen molar-refractivity contribution in [2.75, 3.05) is 0 Å². The summed E-state index contributed by atoms with van der Waals surface area (Å²) in [5.74, 6) is -0.957. The molecule has 104 valence electrons. The standard InChI is InChI=1S/C14H25NO3/c1-3-5-7-11(12(16)17)15-13(18)14(8-4-2)9-6-10-14/h11H,3-10H2,1-2H3,(H,15,18)(H,16,17)/t11-/m0/s1. The molecular formula is C14H25NO3. The molecule has 4 heteroatoms. The normalized spacial score (nSPS) is 18.8. The third-order valence-electron chi connectivity index (χ3n) is 3.97. The fourth-order valence-corrected chi connectivity index (χ4v) is 2.65. The molecule has 1 saturated carbocycles. The van der Waals surface area contributed by atoms with Gasteiger partial charge in [-0.1, -0.05) is 39.5 Å². The molecule has 1 rings (SSSR count). The van der Waals surface area contributed by atoms with Gasteiger partial charge >= 0.3 is 5.97 Å². The smallest absolute Gasteiger partial charge is 0.326 e. The van der Waals surface area contributed by atoms with Crippen molar-refractivity contribution < 1.29 is 14.7 Å². The molecule has 0 aromatic rings. The van der Waals surface area contributed by atoms with Crippen LogP contribution in [0.2, 0.25) is 0 Å². The quantitative estimate of drug-likeness (QED) is 0.700. The van der Waals surface area contributed by atoms with Crippen molar-refractivity contribution in [1.29, 1.82) is 0 Å². The number of carbonyl (C=O) groups excluding carboxylic acids is 1. The Morgan fingerprint density at radius 1 is 1.28 bits per heavy atom. The number of aliphatic carboxylic acids is 1. The summed E-state index contributed by atoms with van der Waals surface area (Å²) in [4.78, 5) is 23.4. The second-order valence-corrected chi connectivity index (χ2v) is 5.39. The predicted octanol–water partition coefficient (Wildman–Crippen LogP) is 2.72. The Morgan fingerprint density at radius 3 is 2.33 bits per heavy atom. The van der Waals surface area contributed by atoms with E-state index in [0.717, 1.165) is 44.9 Å². The molecule has 1 aliphatic carbocycles. The monoisotopic (exact) mass is 255 g/mol. The maximum Gasteiger partial charge on any atom is 0.326 e. The van der Waals surface area contributed by atoms with Crippen LogP contribution in [-0.4, -0.2) is 23.0 Å². The van der Waals surface area contributed by atoms with Crippen LogP contribution in [0.5, 0.6) is 0 Å². The summed E-state index contributed by atoms with van der Waals surface area (Å²) in [6.45, 7) is 4.09. The van der Waals surface area contributed by atoms with Crippen molar-refractivity contribution in [3.8, 4) is 0 Å². The molecule has 0 aromatic carbocycles. The van der Waals surface area contributed by atoms with E-state index in [-0.39, 0.29) is 11.3 Å². The summed E-state index contributed by atoms with van der Waals surface area (Å²) in [5.41, 5.74) is -0.269. The summed E-state index contributed by atoms with van der Waals surface area (Å²) in [7, 11) is 0. The minimum absolute atomic E-state index is 0.0425. The van der Waals surface area contributed by atoms with E-state index in [1.165, 1.54) is 0 Å². The van der Waals surface area contributed by atoms with Crippen LogP contribution in [0.25, 0.3) is 0 Å². The minimum atomic E-state index is -0.914. The zero-order valence-corrected chi connectivity index (χ0v) is 11.5. The third kappa shape index (κ3) is 3.47. The molecular weight excluding hydrogens is 230 g/mol. The maximum absolute atomic E-state index is 12.2. The number of rotatable bonds is 8. The molecule has 1 fully saturated rings. The van der Waals surface area contributed by atoms with E-state index in [4.69, 9.17) is 5.11 Å². The highest BCUT2D eigenvalue weighted by atomic mass is 16.4. The lowest BCUT2D eigenvalue weighted by atomic mass is 9.65. The molecule has 0 saturated heterocycles. The van der Waals surface area contributed by atoms with Gasteiger partial charge in [0.1, 0.15) is 6.04 Å². The molecule has 1 aliphatic rings. The first-order valence-corrected chi connectivity index (χ1v) is 7.09. The maximum atomic E-state index is 12.2. The highest BCUT2D eigenvalue weighted by Gasteiger charge is 2.44. The predicted molar refractivity (Wildman–Crippen MR) is 70.3 cm³/mol. The first-order valence-electron chi connectivity index (χ1n) is 7.09.